The first kappa shape index (κ1) is 13.5. The highest BCUT2D eigenvalue weighted by Gasteiger charge is 2.50. The molecule has 112 valence electrons. The van der Waals surface area contributed by atoms with E-state index >= 15 is 0 Å². The molecule has 0 aromatic heterocycles. The third-order valence-corrected chi connectivity index (χ3v) is 8.92. The van der Waals surface area contributed by atoms with Crippen molar-refractivity contribution in [1.82, 2.24) is 0 Å². The van der Waals surface area contributed by atoms with Crippen molar-refractivity contribution in [3.05, 3.63) is 0 Å². The van der Waals surface area contributed by atoms with E-state index in [4.69, 9.17) is 0 Å². The number of aldehydes is 1. The zero-order chi connectivity index (χ0) is 13.7. The number of carbonyl (C=O) groups is 1. The largest absolute Gasteiger partial charge is 0.303 e. The van der Waals surface area contributed by atoms with Gasteiger partial charge < -0.3 is 4.79 Å². The number of hydrogen-bond donors (Lipinski definition) is 0. The van der Waals surface area contributed by atoms with Crippen LogP contribution in [0.15, 0.2) is 0 Å². The number of hydrogen-bond acceptors (Lipinski definition) is 1. The maximum Gasteiger partial charge on any atom is 0.122 e. The molecule has 0 bridgehead atoms. The highest BCUT2D eigenvalue weighted by molar-refractivity contribution is 6.24. The first-order valence-electron chi connectivity index (χ1n) is 9.16. The van der Waals surface area contributed by atoms with E-state index in [-0.39, 0.29) is 5.04 Å². The molecule has 0 amide bonds. The summed E-state index contributed by atoms with van der Waals surface area (Å²) in [5, 5.41) is 0.151. The van der Waals surface area contributed by atoms with Crippen LogP contribution in [-0.4, -0.2) is 16.5 Å². The predicted octanol–water partition coefficient (Wildman–Crippen LogP) is 3.36. The summed E-state index contributed by atoms with van der Waals surface area (Å²) in [6.45, 7) is 0. The number of carbonyl (C=O) groups excluding carboxylic acids is 1. The second-order valence-electron chi connectivity index (χ2n) is 8.78. The lowest BCUT2D eigenvalue weighted by atomic mass is 9.53. The minimum absolute atomic E-state index is 0.151. The first-order valence-corrected chi connectivity index (χ1v) is 10.2. The van der Waals surface area contributed by atoms with Crippen LogP contribution in [0.3, 0.4) is 0 Å². The van der Waals surface area contributed by atoms with Crippen molar-refractivity contribution in [1.29, 1.82) is 0 Å². The van der Waals surface area contributed by atoms with Gasteiger partial charge >= 0.3 is 0 Å². The standard InChI is InChI=1S/C18H30OSi/c19-11-18(20)9-8-15-13(10-18)5-7-16-14-3-1-2-12(14)4-6-17(15)16/h11-17H,1-10H2,20H3/t12-,13?,14+,15-,16-,17+,18?/m0/s1. The molecule has 0 radical (unpaired) electrons. The first-order chi connectivity index (χ1) is 9.70. The summed E-state index contributed by atoms with van der Waals surface area (Å²) >= 11 is 0. The van der Waals surface area contributed by atoms with Gasteiger partial charge in [0.15, 0.2) is 0 Å². The minimum Gasteiger partial charge on any atom is -0.303 e. The van der Waals surface area contributed by atoms with Gasteiger partial charge in [0, 0.05) is 15.3 Å². The molecular formula is C18H30OSi. The van der Waals surface area contributed by atoms with Gasteiger partial charge in [-0.2, -0.15) is 0 Å². The lowest BCUT2D eigenvalue weighted by Gasteiger charge is -2.54. The molecule has 0 aliphatic heterocycles. The fourth-order valence-electron chi connectivity index (χ4n) is 6.86. The van der Waals surface area contributed by atoms with Gasteiger partial charge in [-0.25, -0.2) is 0 Å². The maximum absolute atomic E-state index is 11.4. The van der Waals surface area contributed by atoms with E-state index in [0.29, 0.717) is 0 Å². The molecule has 2 heteroatoms. The Hall–Kier alpha value is -0.113. The molecule has 0 aromatic rings. The molecule has 1 nitrogen and oxygen atoms in total. The summed E-state index contributed by atoms with van der Waals surface area (Å²) in [5.41, 5.74) is 0. The highest BCUT2D eigenvalue weighted by Crippen LogP contribution is 2.60. The fourth-order valence-corrected chi connectivity index (χ4v) is 7.68. The summed E-state index contributed by atoms with van der Waals surface area (Å²) < 4.78 is 0. The molecule has 4 aliphatic rings. The summed E-state index contributed by atoms with van der Waals surface area (Å²) in [6, 6.07) is 0. The molecule has 0 N–H and O–H groups in total. The van der Waals surface area contributed by atoms with E-state index in [1.807, 2.05) is 0 Å². The van der Waals surface area contributed by atoms with Crippen molar-refractivity contribution in [2.24, 2.45) is 35.5 Å². The summed E-state index contributed by atoms with van der Waals surface area (Å²) in [6.07, 6.45) is 15.8. The molecule has 4 aliphatic carbocycles. The highest BCUT2D eigenvalue weighted by atomic mass is 28.1. The van der Waals surface area contributed by atoms with Gasteiger partial charge in [0.25, 0.3) is 0 Å². The normalized spacial score (nSPS) is 54.8. The molecule has 4 rings (SSSR count). The molecule has 0 heterocycles. The Morgan fingerprint density at radius 1 is 0.800 bits per heavy atom. The van der Waals surface area contributed by atoms with Gasteiger partial charge in [-0.1, -0.05) is 12.8 Å². The van der Waals surface area contributed by atoms with Gasteiger partial charge in [-0.05, 0) is 86.9 Å². The molecular weight excluding hydrogens is 260 g/mol. The van der Waals surface area contributed by atoms with Gasteiger partial charge in [0.1, 0.15) is 6.29 Å². The van der Waals surface area contributed by atoms with Crippen molar-refractivity contribution in [2.45, 2.75) is 69.2 Å². The van der Waals surface area contributed by atoms with Crippen molar-refractivity contribution >= 4 is 16.5 Å². The van der Waals surface area contributed by atoms with Crippen molar-refractivity contribution in [3.63, 3.8) is 0 Å². The van der Waals surface area contributed by atoms with Crippen LogP contribution in [0.2, 0.25) is 5.04 Å². The number of rotatable bonds is 1. The average Bonchev–Trinajstić information content (AvgIpc) is 2.95. The Labute approximate surface area is 126 Å². The van der Waals surface area contributed by atoms with Gasteiger partial charge in [-0.15, -0.1) is 0 Å². The Bertz CT molecular complexity index is 395. The zero-order valence-corrected chi connectivity index (χ0v) is 15.0. The smallest absolute Gasteiger partial charge is 0.122 e. The van der Waals surface area contributed by atoms with E-state index in [9.17, 15) is 4.79 Å². The Kier molecular flexibility index (Phi) is 3.36. The van der Waals surface area contributed by atoms with Gasteiger partial charge in [0.05, 0.1) is 0 Å². The third kappa shape index (κ3) is 2.05. The minimum atomic E-state index is 0.151. The summed E-state index contributed by atoms with van der Waals surface area (Å²) in [4.78, 5) is 11.4. The van der Waals surface area contributed by atoms with Crippen molar-refractivity contribution in [2.75, 3.05) is 0 Å². The molecule has 0 spiro atoms. The summed E-state index contributed by atoms with van der Waals surface area (Å²) in [7, 11) is 1.08. The predicted molar refractivity (Wildman–Crippen MR) is 85.8 cm³/mol. The van der Waals surface area contributed by atoms with Crippen LogP contribution in [0.25, 0.3) is 0 Å². The van der Waals surface area contributed by atoms with Crippen LogP contribution in [-0.2, 0) is 4.79 Å². The van der Waals surface area contributed by atoms with Crippen LogP contribution < -0.4 is 0 Å². The van der Waals surface area contributed by atoms with Crippen LogP contribution in [0, 0.1) is 35.5 Å². The van der Waals surface area contributed by atoms with Crippen molar-refractivity contribution in [3.8, 4) is 0 Å². The van der Waals surface area contributed by atoms with E-state index in [1.54, 1.807) is 6.42 Å². The molecule has 7 atom stereocenters. The van der Waals surface area contributed by atoms with Crippen molar-refractivity contribution < 1.29 is 4.79 Å². The topological polar surface area (TPSA) is 17.1 Å². The zero-order valence-electron chi connectivity index (χ0n) is 13.0. The van der Waals surface area contributed by atoms with Gasteiger partial charge in [0.2, 0.25) is 0 Å². The lowest BCUT2D eigenvalue weighted by molar-refractivity contribution is -0.113. The van der Waals surface area contributed by atoms with E-state index in [1.165, 1.54) is 64.1 Å². The quantitative estimate of drug-likeness (QED) is 0.534. The molecule has 2 unspecified atom stereocenters. The number of fused-ring (bicyclic) bond motifs is 5. The molecule has 20 heavy (non-hydrogen) atoms. The molecule has 4 fully saturated rings. The second-order valence-corrected chi connectivity index (χ2v) is 10.8. The van der Waals surface area contributed by atoms with Crippen LogP contribution >= 0.6 is 0 Å². The van der Waals surface area contributed by atoms with Crippen LogP contribution in [0.5, 0.6) is 0 Å². The third-order valence-electron chi connectivity index (χ3n) is 7.78. The summed E-state index contributed by atoms with van der Waals surface area (Å²) in [5.74, 6) is 6.23. The Morgan fingerprint density at radius 2 is 1.50 bits per heavy atom. The fraction of sp³-hybridized carbons (Fsp3) is 0.944. The van der Waals surface area contributed by atoms with E-state index < -0.39 is 0 Å². The van der Waals surface area contributed by atoms with E-state index in [2.05, 4.69) is 0 Å². The Balaban J connectivity index is 1.52. The van der Waals surface area contributed by atoms with E-state index in [0.717, 1.165) is 45.7 Å². The van der Waals surface area contributed by atoms with Gasteiger partial charge in [-0.3, -0.25) is 0 Å². The lowest BCUT2D eigenvalue weighted by Crippen LogP contribution is -2.45. The van der Waals surface area contributed by atoms with Crippen LogP contribution in [0.1, 0.15) is 64.2 Å². The maximum atomic E-state index is 11.4. The van der Waals surface area contributed by atoms with Crippen LogP contribution in [0.4, 0.5) is 0 Å². The SMILES string of the molecule is O=CC1([SiH3])CC[C@H]2C(CC[C@H]3[C@@H]4CCC[C@H]4CC[C@@H]32)C1. The molecule has 4 saturated carbocycles. The Morgan fingerprint density at radius 3 is 2.25 bits per heavy atom. The second kappa shape index (κ2) is 4.96. The monoisotopic (exact) mass is 290 g/mol. The molecule has 0 aromatic carbocycles. The average molecular weight is 291 g/mol. The molecule has 0 saturated heterocycles.